The smallest absolute Gasteiger partial charge is 0.223 e. The number of likely N-dealkylation sites (tertiary alicyclic amines) is 1. The summed E-state index contributed by atoms with van der Waals surface area (Å²) in [6, 6.07) is 0. The van der Waals surface area contributed by atoms with E-state index in [1.165, 1.54) is 0 Å². The minimum atomic E-state index is -0.0567. The molecule has 23 heavy (non-hydrogen) atoms. The van der Waals surface area contributed by atoms with Crippen molar-refractivity contribution in [3.8, 4) is 0 Å². The molecule has 5 nitrogen and oxygen atoms in total. The van der Waals surface area contributed by atoms with Crippen molar-refractivity contribution in [1.29, 1.82) is 0 Å². The number of nitrogens with zero attached hydrogens (tertiary/aromatic N) is 3. The molecule has 1 spiro atoms. The number of hydrogen-bond donors (Lipinski definition) is 0. The Labute approximate surface area is 144 Å². The first-order valence-electron chi connectivity index (χ1n) is 8.39. The number of thioether (sulfide) groups is 1. The third kappa shape index (κ3) is 4.29. The number of carbonyl (C=O) groups is 2. The van der Waals surface area contributed by atoms with Crippen LogP contribution in [0.2, 0.25) is 0 Å². The highest BCUT2D eigenvalue weighted by molar-refractivity contribution is 7.98. The van der Waals surface area contributed by atoms with E-state index in [2.05, 4.69) is 18.5 Å². The molecule has 0 aliphatic carbocycles. The lowest BCUT2D eigenvalue weighted by Gasteiger charge is -2.49. The van der Waals surface area contributed by atoms with Gasteiger partial charge in [0, 0.05) is 56.9 Å². The molecule has 2 heterocycles. The van der Waals surface area contributed by atoms with Crippen LogP contribution in [-0.4, -0.2) is 83.8 Å². The van der Waals surface area contributed by atoms with Crippen molar-refractivity contribution in [3.63, 3.8) is 0 Å². The van der Waals surface area contributed by atoms with Crippen LogP contribution in [0, 0.1) is 0 Å². The van der Waals surface area contributed by atoms with Crippen molar-refractivity contribution in [1.82, 2.24) is 14.7 Å². The van der Waals surface area contributed by atoms with E-state index in [1.807, 2.05) is 16.1 Å². The molecule has 130 valence electrons. The van der Waals surface area contributed by atoms with E-state index >= 15 is 0 Å². The molecule has 0 saturated carbocycles. The predicted molar refractivity (Wildman–Crippen MR) is 95.6 cm³/mol. The summed E-state index contributed by atoms with van der Waals surface area (Å²) in [7, 11) is 2.14. The SMILES string of the molecule is C=CCN1CCC2(CCC1=O)CN(C(=O)CCSC)CCN2C. The Kier molecular flexibility index (Phi) is 6.53. The monoisotopic (exact) mass is 339 g/mol. The first-order chi connectivity index (χ1) is 11.0. The average molecular weight is 340 g/mol. The van der Waals surface area contributed by atoms with Crippen LogP contribution in [0.5, 0.6) is 0 Å². The van der Waals surface area contributed by atoms with E-state index in [9.17, 15) is 9.59 Å². The Bertz CT molecular complexity index is 457. The fraction of sp³-hybridized carbons (Fsp3) is 0.765. The van der Waals surface area contributed by atoms with Crippen LogP contribution in [0.3, 0.4) is 0 Å². The fourth-order valence-electron chi connectivity index (χ4n) is 3.60. The molecule has 2 aliphatic rings. The molecule has 2 aliphatic heterocycles. The Morgan fingerprint density at radius 1 is 1.35 bits per heavy atom. The van der Waals surface area contributed by atoms with Gasteiger partial charge in [-0.15, -0.1) is 6.58 Å². The van der Waals surface area contributed by atoms with E-state index < -0.39 is 0 Å². The Morgan fingerprint density at radius 2 is 2.13 bits per heavy atom. The molecule has 2 amide bonds. The second-order valence-electron chi connectivity index (χ2n) is 6.58. The topological polar surface area (TPSA) is 43.9 Å². The van der Waals surface area contributed by atoms with Crippen LogP contribution in [0.25, 0.3) is 0 Å². The average Bonchev–Trinajstić information content (AvgIpc) is 2.70. The predicted octanol–water partition coefficient (Wildman–Crippen LogP) is 1.45. The van der Waals surface area contributed by atoms with Crippen LogP contribution in [-0.2, 0) is 9.59 Å². The van der Waals surface area contributed by atoms with Gasteiger partial charge in [-0.1, -0.05) is 6.08 Å². The van der Waals surface area contributed by atoms with Gasteiger partial charge in [-0.2, -0.15) is 11.8 Å². The Balaban J connectivity index is 2.07. The van der Waals surface area contributed by atoms with Gasteiger partial charge in [-0.25, -0.2) is 0 Å². The lowest BCUT2D eigenvalue weighted by molar-refractivity contribution is -0.136. The molecule has 0 aromatic carbocycles. The molecule has 2 fully saturated rings. The van der Waals surface area contributed by atoms with Crippen molar-refractivity contribution >= 4 is 23.6 Å². The molecular formula is C17H29N3O2S. The molecular weight excluding hydrogens is 310 g/mol. The molecule has 1 unspecified atom stereocenters. The second kappa shape index (κ2) is 8.20. The van der Waals surface area contributed by atoms with Gasteiger partial charge in [0.2, 0.25) is 11.8 Å². The van der Waals surface area contributed by atoms with Crippen LogP contribution < -0.4 is 0 Å². The number of amides is 2. The van der Waals surface area contributed by atoms with E-state index in [0.29, 0.717) is 19.4 Å². The minimum absolute atomic E-state index is 0.0567. The summed E-state index contributed by atoms with van der Waals surface area (Å²) in [4.78, 5) is 31.0. The van der Waals surface area contributed by atoms with Gasteiger partial charge in [0.05, 0.1) is 0 Å². The zero-order valence-electron chi connectivity index (χ0n) is 14.4. The van der Waals surface area contributed by atoms with Crippen LogP contribution in [0.1, 0.15) is 25.7 Å². The zero-order chi connectivity index (χ0) is 16.9. The third-order valence-corrected chi connectivity index (χ3v) is 5.84. The largest absolute Gasteiger partial charge is 0.340 e. The van der Waals surface area contributed by atoms with Gasteiger partial charge in [0.25, 0.3) is 0 Å². The fourth-order valence-corrected chi connectivity index (χ4v) is 3.98. The van der Waals surface area contributed by atoms with Gasteiger partial charge in [0.15, 0.2) is 0 Å². The quantitative estimate of drug-likeness (QED) is 0.711. The van der Waals surface area contributed by atoms with E-state index in [-0.39, 0.29) is 17.4 Å². The molecule has 0 aromatic rings. The molecule has 1 atom stereocenters. The lowest BCUT2D eigenvalue weighted by atomic mass is 9.86. The summed E-state index contributed by atoms with van der Waals surface area (Å²) in [5.74, 6) is 1.34. The summed E-state index contributed by atoms with van der Waals surface area (Å²) >= 11 is 1.71. The van der Waals surface area contributed by atoms with Crippen molar-refractivity contribution in [3.05, 3.63) is 12.7 Å². The maximum Gasteiger partial charge on any atom is 0.223 e. The number of likely N-dealkylation sites (N-methyl/N-ethyl adjacent to an activating group) is 1. The summed E-state index contributed by atoms with van der Waals surface area (Å²) in [6.07, 6.45) is 6.76. The molecule has 0 N–H and O–H groups in total. The molecule has 6 heteroatoms. The minimum Gasteiger partial charge on any atom is -0.340 e. The number of rotatable bonds is 5. The van der Waals surface area contributed by atoms with Gasteiger partial charge in [-0.3, -0.25) is 14.5 Å². The van der Waals surface area contributed by atoms with Crippen LogP contribution in [0.15, 0.2) is 12.7 Å². The maximum absolute atomic E-state index is 12.4. The van der Waals surface area contributed by atoms with Crippen LogP contribution in [0.4, 0.5) is 0 Å². The van der Waals surface area contributed by atoms with Crippen molar-refractivity contribution in [2.45, 2.75) is 31.2 Å². The third-order valence-electron chi connectivity index (χ3n) is 5.23. The summed E-state index contributed by atoms with van der Waals surface area (Å²) in [5, 5.41) is 0. The Hall–Kier alpha value is -1.01. The Morgan fingerprint density at radius 3 is 2.83 bits per heavy atom. The van der Waals surface area contributed by atoms with Gasteiger partial charge in [-0.05, 0) is 26.1 Å². The highest BCUT2D eigenvalue weighted by atomic mass is 32.2. The normalized spacial score (nSPS) is 26.4. The standard InChI is InChI=1S/C17H29N3O2S/c1-4-9-19-10-8-17(7-5-15(19)21)14-20(12-11-18(17)2)16(22)6-13-23-3/h4H,1,5-14H2,2-3H3. The molecule has 0 aromatic heterocycles. The summed E-state index contributed by atoms with van der Waals surface area (Å²) < 4.78 is 0. The number of hydrogen-bond acceptors (Lipinski definition) is 4. The highest BCUT2D eigenvalue weighted by Crippen LogP contribution is 2.32. The number of carbonyl (C=O) groups excluding carboxylic acids is 2. The van der Waals surface area contributed by atoms with Crippen LogP contribution >= 0.6 is 11.8 Å². The van der Waals surface area contributed by atoms with Crippen molar-refractivity contribution in [2.24, 2.45) is 0 Å². The lowest BCUT2D eigenvalue weighted by Crippen LogP contribution is -2.62. The van der Waals surface area contributed by atoms with E-state index in [0.717, 1.165) is 44.8 Å². The molecule has 2 saturated heterocycles. The molecule has 2 rings (SSSR count). The number of piperazine rings is 1. The van der Waals surface area contributed by atoms with E-state index in [1.54, 1.807) is 17.8 Å². The van der Waals surface area contributed by atoms with Gasteiger partial charge < -0.3 is 9.80 Å². The molecule has 0 bridgehead atoms. The molecule has 0 radical (unpaired) electrons. The second-order valence-corrected chi connectivity index (χ2v) is 7.57. The summed E-state index contributed by atoms with van der Waals surface area (Å²) in [6.45, 7) is 7.56. The first kappa shape index (κ1) is 18.3. The first-order valence-corrected chi connectivity index (χ1v) is 9.78. The summed E-state index contributed by atoms with van der Waals surface area (Å²) in [5.41, 5.74) is -0.0567. The van der Waals surface area contributed by atoms with Crippen molar-refractivity contribution < 1.29 is 9.59 Å². The van der Waals surface area contributed by atoms with Gasteiger partial charge in [0.1, 0.15) is 0 Å². The van der Waals surface area contributed by atoms with Crippen molar-refractivity contribution in [2.75, 3.05) is 51.8 Å². The zero-order valence-corrected chi connectivity index (χ0v) is 15.2. The van der Waals surface area contributed by atoms with Gasteiger partial charge >= 0.3 is 0 Å². The maximum atomic E-state index is 12.4. The highest BCUT2D eigenvalue weighted by Gasteiger charge is 2.43. The van der Waals surface area contributed by atoms with E-state index in [4.69, 9.17) is 0 Å².